The van der Waals surface area contributed by atoms with Crippen LogP contribution in [-0.4, -0.2) is 5.78 Å². The second-order valence-corrected chi connectivity index (χ2v) is 3.85. The SMILES string of the molecule is Nc1cc(F)ccc1C(=O)c1ccsc1. The normalized spacial score (nSPS) is 10.2. The standard InChI is InChI=1S/C11H8FNOS/c12-8-1-2-9(10(13)5-8)11(14)7-3-4-15-6-7/h1-6H,13H2. The average molecular weight is 221 g/mol. The molecule has 1 aromatic heterocycles. The van der Waals surface area contributed by atoms with Gasteiger partial charge in [0.2, 0.25) is 0 Å². The number of hydrogen-bond acceptors (Lipinski definition) is 3. The van der Waals surface area contributed by atoms with Crippen molar-refractivity contribution in [1.29, 1.82) is 0 Å². The van der Waals surface area contributed by atoms with Crippen LogP contribution in [0.5, 0.6) is 0 Å². The molecule has 0 saturated carbocycles. The first-order valence-electron chi connectivity index (χ1n) is 4.30. The van der Waals surface area contributed by atoms with Gasteiger partial charge in [0.05, 0.1) is 0 Å². The van der Waals surface area contributed by atoms with Gasteiger partial charge < -0.3 is 5.73 Å². The molecule has 0 amide bonds. The van der Waals surface area contributed by atoms with Crippen LogP contribution in [0.25, 0.3) is 0 Å². The van der Waals surface area contributed by atoms with Gasteiger partial charge in [-0.1, -0.05) is 0 Å². The molecule has 4 heteroatoms. The zero-order chi connectivity index (χ0) is 10.8. The van der Waals surface area contributed by atoms with Crippen molar-refractivity contribution in [3.63, 3.8) is 0 Å². The van der Waals surface area contributed by atoms with Gasteiger partial charge in [-0.3, -0.25) is 4.79 Å². The fraction of sp³-hybridized carbons (Fsp3) is 0. The van der Waals surface area contributed by atoms with E-state index >= 15 is 0 Å². The molecule has 0 unspecified atom stereocenters. The Morgan fingerprint density at radius 3 is 2.73 bits per heavy atom. The Morgan fingerprint density at radius 2 is 2.13 bits per heavy atom. The summed E-state index contributed by atoms with van der Waals surface area (Å²) in [7, 11) is 0. The largest absolute Gasteiger partial charge is 0.398 e. The monoisotopic (exact) mass is 221 g/mol. The van der Waals surface area contributed by atoms with Crippen molar-refractivity contribution in [2.45, 2.75) is 0 Å². The second-order valence-electron chi connectivity index (χ2n) is 3.07. The molecule has 2 N–H and O–H groups in total. The molecule has 0 radical (unpaired) electrons. The lowest BCUT2D eigenvalue weighted by Crippen LogP contribution is -2.04. The van der Waals surface area contributed by atoms with E-state index in [1.165, 1.54) is 23.5 Å². The predicted octanol–water partition coefficient (Wildman–Crippen LogP) is 2.70. The summed E-state index contributed by atoms with van der Waals surface area (Å²) in [5, 5.41) is 3.55. The first kappa shape index (κ1) is 9.86. The van der Waals surface area contributed by atoms with Crippen molar-refractivity contribution in [3.05, 3.63) is 52.0 Å². The predicted molar refractivity (Wildman–Crippen MR) is 58.6 cm³/mol. The van der Waals surface area contributed by atoms with E-state index in [4.69, 9.17) is 5.73 Å². The number of thiophene rings is 1. The molecule has 15 heavy (non-hydrogen) atoms. The Hall–Kier alpha value is -1.68. The second kappa shape index (κ2) is 3.82. The fourth-order valence-corrected chi connectivity index (χ4v) is 1.93. The highest BCUT2D eigenvalue weighted by Crippen LogP contribution is 2.19. The summed E-state index contributed by atoms with van der Waals surface area (Å²) in [5.41, 5.74) is 6.67. The summed E-state index contributed by atoms with van der Waals surface area (Å²) in [4.78, 5) is 11.8. The Balaban J connectivity index is 2.42. The Morgan fingerprint density at radius 1 is 1.33 bits per heavy atom. The zero-order valence-electron chi connectivity index (χ0n) is 7.74. The lowest BCUT2D eigenvalue weighted by molar-refractivity contribution is 0.104. The number of carbonyl (C=O) groups excluding carboxylic acids is 1. The summed E-state index contributed by atoms with van der Waals surface area (Å²) in [6.45, 7) is 0. The minimum absolute atomic E-state index is 0.172. The van der Waals surface area contributed by atoms with E-state index in [0.717, 1.165) is 6.07 Å². The van der Waals surface area contributed by atoms with E-state index < -0.39 is 5.82 Å². The Labute approximate surface area is 90.2 Å². The first-order chi connectivity index (χ1) is 7.18. The minimum atomic E-state index is -0.436. The van der Waals surface area contributed by atoms with Gasteiger partial charge in [-0.15, -0.1) is 0 Å². The molecule has 0 aliphatic heterocycles. The number of halogens is 1. The minimum Gasteiger partial charge on any atom is -0.398 e. The maximum absolute atomic E-state index is 12.8. The Kier molecular flexibility index (Phi) is 2.51. The van der Waals surface area contributed by atoms with E-state index in [0.29, 0.717) is 11.1 Å². The number of ketones is 1. The molecule has 0 aliphatic rings. The molecule has 1 heterocycles. The third-order valence-electron chi connectivity index (χ3n) is 2.04. The molecular formula is C11H8FNOS. The lowest BCUT2D eigenvalue weighted by atomic mass is 10.0. The van der Waals surface area contributed by atoms with Gasteiger partial charge in [-0.25, -0.2) is 4.39 Å². The molecule has 2 aromatic rings. The maximum Gasteiger partial charge on any atom is 0.195 e. The van der Waals surface area contributed by atoms with Gasteiger partial charge in [-0.2, -0.15) is 11.3 Å². The maximum atomic E-state index is 12.8. The zero-order valence-corrected chi connectivity index (χ0v) is 8.55. The molecule has 0 fully saturated rings. The molecule has 0 atom stereocenters. The first-order valence-corrected chi connectivity index (χ1v) is 5.24. The third kappa shape index (κ3) is 1.89. The number of nitrogen functional groups attached to an aromatic ring is 1. The molecule has 2 nitrogen and oxygen atoms in total. The van der Waals surface area contributed by atoms with Crippen LogP contribution >= 0.6 is 11.3 Å². The van der Waals surface area contributed by atoms with Crippen molar-refractivity contribution < 1.29 is 9.18 Å². The van der Waals surface area contributed by atoms with Gasteiger partial charge >= 0.3 is 0 Å². The van der Waals surface area contributed by atoms with Crippen LogP contribution < -0.4 is 5.73 Å². The van der Waals surface area contributed by atoms with Crippen molar-refractivity contribution in [3.8, 4) is 0 Å². The van der Waals surface area contributed by atoms with E-state index in [1.807, 2.05) is 5.38 Å². The quantitative estimate of drug-likeness (QED) is 0.626. The van der Waals surface area contributed by atoms with Gasteiger partial charge in [0.15, 0.2) is 5.78 Å². The van der Waals surface area contributed by atoms with Gasteiger partial charge in [-0.05, 0) is 29.6 Å². The van der Waals surface area contributed by atoms with Crippen LogP contribution in [0.1, 0.15) is 15.9 Å². The topological polar surface area (TPSA) is 43.1 Å². The molecule has 0 spiro atoms. The number of nitrogens with two attached hydrogens (primary N) is 1. The van der Waals surface area contributed by atoms with Gasteiger partial charge in [0, 0.05) is 22.2 Å². The van der Waals surface area contributed by atoms with Crippen LogP contribution in [0.4, 0.5) is 10.1 Å². The van der Waals surface area contributed by atoms with Crippen LogP contribution in [0, 0.1) is 5.82 Å². The number of hydrogen-bond donors (Lipinski definition) is 1. The summed E-state index contributed by atoms with van der Waals surface area (Å²) in [6, 6.07) is 5.51. The third-order valence-corrected chi connectivity index (χ3v) is 2.72. The number of rotatable bonds is 2. The summed E-state index contributed by atoms with van der Waals surface area (Å²) < 4.78 is 12.8. The lowest BCUT2D eigenvalue weighted by Gasteiger charge is -2.02. The van der Waals surface area contributed by atoms with Gasteiger partial charge in [0.1, 0.15) is 5.82 Å². The molecule has 0 saturated heterocycles. The van der Waals surface area contributed by atoms with Crippen molar-refractivity contribution >= 4 is 22.8 Å². The number of carbonyl (C=O) groups is 1. The smallest absolute Gasteiger partial charge is 0.195 e. The molecule has 0 bridgehead atoms. The number of anilines is 1. The van der Waals surface area contributed by atoms with Crippen LogP contribution in [0.3, 0.4) is 0 Å². The highest BCUT2D eigenvalue weighted by atomic mass is 32.1. The highest BCUT2D eigenvalue weighted by molar-refractivity contribution is 7.08. The average Bonchev–Trinajstić information content (AvgIpc) is 2.69. The van der Waals surface area contributed by atoms with Gasteiger partial charge in [0.25, 0.3) is 0 Å². The molecule has 1 aromatic carbocycles. The fourth-order valence-electron chi connectivity index (χ4n) is 1.29. The number of benzene rings is 1. The molecule has 76 valence electrons. The summed E-state index contributed by atoms with van der Waals surface area (Å²) in [5.74, 6) is -0.608. The van der Waals surface area contributed by atoms with Crippen molar-refractivity contribution in [1.82, 2.24) is 0 Å². The van der Waals surface area contributed by atoms with E-state index in [1.54, 1.807) is 11.4 Å². The molecule has 0 aliphatic carbocycles. The molecule has 2 rings (SSSR count). The van der Waals surface area contributed by atoms with Crippen molar-refractivity contribution in [2.75, 3.05) is 5.73 Å². The van der Waals surface area contributed by atoms with Crippen LogP contribution in [0.2, 0.25) is 0 Å². The summed E-state index contributed by atoms with van der Waals surface area (Å²) >= 11 is 1.44. The Bertz CT molecular complexity index is 493. The van der Waals surface area contributed by atoms with Crippen molar-refractivity contribution in [2.24, 2.45) is 0 Å². The van der Waals surface area contributed by atoms with Crippen LogP contribution in [0.15, 0.2) is 35.0 Å². The highest BCUT2D eigenvalue weighted by Gasteiger charge is 2.12. The van der Waals surface area contributed by atoms with E-state index in [2.05, 4.69) is 0 Å². The van der Waals surface area contributed by atoms with Crippen LogP contribution in [-0.2, 0) is 0 Å². The van der Waals surface area contributed by atoms with E-state index in [9.17, 15) is 9.18 Å². The summed E-state index contributed by atoms with van der Waals surface area (Å²) in [6.07, 6.45) is 0. The van der Waals surface area contributed by atoms with E-state index in [-0.39, 0.29) is 11.5 Å². The molecular weight excluding hydrogens is 213 g/mol.